The fraction of sp³-hybridized carbons (Fsp3) is 0.409. The molecule has 2 aromatic rings. The number of ether oxygens (including phenoxy) is 1. The lowest BCUT2D eigenvalue weighted by Gasteiger charge is -2.23. The summed E-state index contributed by atoms with van der Waals surface area (Å²) in [6.07, 6.45) is 3.08. The zero-order valence-electron chi connectivity index (χ0n) is 17.0. The highest BCUT2D eigenvalue weighted by Crippen LogP contribution is 2.31. The molecule has 2 unspecified atom stereocenters. The van der Waals surface area contributed by atoms with E-state index in [2.05, 4.69) is 17.2 Å². The Bertz CT molecular complexity index is 882. The Hall–Kier alpha value is -2.93. The van der Waals surface area contributed by atoms with Crippen molar-refractivity contribution < 1.29 is 19.4 Å². The topological polar surface area (TPSA) is 91.8 Å². The number of hydrogen-bond acceptors (Lipinski definition) is 5. The third-order valence-electron chi connectivity index (χ3n) is 4.90. The van der Waals surface area contributed by atoms with Crippen LogP contribution in [0.2, 0.25) is 0 Å². The van der Waals surface area contributed by atoms with E-state index in [0.717, 1.165) is 24.0 Å². The molecular weight excluding hydrogens is 370 g/mol. The van der Waals surface area contributed by atoms with Crippen LogP contribution in [-0.2, 0) is 4.74 Å². The van der Waals surface area contributed by atoms with E-state index in [-0.39, 0.29) is 24.6 Å². The van der Waals surface area contributed by atoms with Crippen LogP contribution in [-0.4, -0.2) is 47.4 Å². The number of rotatable bonds is 7. The van der Waals surface area contributed by atoms with Crippen LogP contribution < -0.4 is 10.2 Å². The summed E-state index contributed by atoms with van der Waals surface area (Å²) < 4.78 is 5.27. The Morgan fingerprint density at radius 2 is 2.17 bits per heavy atom. The third kappa shape index (κ3) is 4.74. The van der Waals surface area contributed by atoms with Crippen LogP contribution in [0.4, 0.5) is 10.5 Å². The number of aliphatic hydroxyl groups excluding tert-OH is 1. The van der Waals surface area contributed by atoms with Gasteiger partial charge in [0.05, 0.1) is 18.3 Å². The van der Waals surface area contributed by atoms with Crippen LogP contribution >= 0.6 is 0 Å². The smallest absolute Gasteiger partial charge is 0.414 e. The first kappa shape index (κ1) is 20.8. The minimum atomic E-state index is -0.410. The zero-order chi connectivity index (χ0) is 21.0. The summed E-state index contributed by atoms with van der Waals surface area (Å²) in [6, 6.07) is 8.69. The highest BCUT2D eigenvalue weighted by Gasteiger charge is 2.34. The summed E-state index contributed by atoms with van der Waals surface area (Å²) in [4.78, 5) is 31.2. The molecule has 0 bridgehead atoms. The summed E-state index contributed by atoms with van der Waals surface area (Å²) in [5, 5.41) is 12.0. The fourth-order valence-corrected chi connectivity index (χ4v) is 3.34. The predicted octanol–water partition coefficient (Wildman–Crippen LogP) is 3.29. The van der Waals surface area contributed by atoms with Gasteiger partial charge in [0.15, 0.2) is 0 Å². The maximum atomic E-state index is 12.7. The number of nitrogens with zero attached hydrogens (tertiary/aromatic N) is 2. The lowest BCUT2D eigenvalue weighted by Crippen LogP contribution is -2.36. The van der Waals surface area contributed by atoms with Crippen LogP contribution in [0.3, 0.4) is 0 Å². The molecule has 7 nitrogen and oxygen atoms in total. The molecule has 2 heterocycles. The molecule has 1 aliphatic rings. The SMILES string of the molecule is CCCC1COC(=O)N1c1cc(C(=O)NC(C)CO)cc(-c2ccc(C)cn2)c1. The largest absolute Gasteiger partial charge is 0.447 e. The summed E-state index contributed by atoms with van der Waals surface area (Å²) in [6.45, 7) is 5.91. The molecule has 1 fully saturated rings. The number of aryl methyl sites for hydroxylation is 1. The molecule has 7 heteroatoms. The second-order valence-electron chi connectivity index (χ2n) is 7.44. The van der Waals surface area contributed by atoms with Gasteiger partial charge in [-0.05, 0) is 50.1 Å². The quantitative estimate of drug-likeness (QED) is 0.748. The van der Waals surface area contributed by atoms with Crippen LogP contribution in [0.5, 0.6) is 0 Å². The molecule has 154 valence electrons. The van der Waals surface area contributed by atoms with Crippen molar-refractivity contribution in [3.8, 4) is 11.3 Å². The number of nitrogens with one attached hydrogen (secondary N) is 1. The maximum absolute atomic E-state index is 12.7. The van der Waals surface area contributed by atoms with E-state index >= 15 is 0 Å². The number of carbonyl (C=O) groups is 2. The third-order valence-corrected chi connectivity index (χ3v) is 4.90. The lowest BCUT2D eigenvalue weighted by molar-refractivity contribution is 0.0922. The predicted molar refractivity (Wildman–Crippen MR) is 111 cm³/mol. The van der Waals surface area contributed by atoms with Gasteiger partial charge in [0.1, 0.15) is 6.61 Å². The van der Waals surface area contributed by atoms with E-state index in [9.17, 15) is 14.7 Å². The molecule has 2 atom stereocenters. The molecule has 1 aromatic carbocycles. The lowest BCUT2D eigenvalue weighted by atomic mass is 10.0. The monoisotopic (exact) mass is 397 g/mol. The Morgan fingerprint density at radius 3 is 2.83 bits per heavy atom. The van der Waals surface area contributed by atoms with Gasteiger partial charge in [0.2, 0.25) is 0 Å². The molecule has 0 radical (unpaired) electrons. The standard InChI is InChI=1S/C22H27N3O4/c1-4-5-18-13-29-22(28)25(18)19-9-16(20-7-6-14(2)11-23-20)8-17(10-19)21(27)24-15(3)12-26/h6-11,15,18,26H,4-5,12-13H2,1-3H3,(H,24,27). The number of benzene rings is 1. The van der Waals surface area contributed by atoms with E-state index in [1.807, 2.05) is 25.1 Å². The van der Waals surface area contributed by atoms with Gasteiger partial charge in [0.25, 0.3) is 5.91 Å². The first-order chi connectivity index (χ1) is 13.9. The van der Waals surface area contributed by atoms with Crippen molar-refractivity contribution in [2.24, 2.45) is 0 Å². The molecule has 1 saturated heterocycles. The van der Waals surface area contributed by atoms with Crippen molar-refractivity contribution in [3.05, 3.63) is 47.7 Å². The second-order valence-corrected chi connectivity index (χ2v) is 7.44. The molecule has 2 N–H and O–H groups in total. The average molecular weight is 397 g/mol. The summed E-state index contributed by atoms with van der Waals surface area (Å²) in [5.41, 5.74) is 3.48. The molecule has 0 saturated carbocycles. The second kappa shape index (κ2) is 9.05. The molecule has 29 heavy (non-hydrogen) atoms. The molecule has 0 aliphatic carbocycles. The first-order valence-corrected chi connectivity index (χ1v) is 9.88. The Morgan fingerprint density at radius 1 is 1.38 bits per heavy atom. The molecule has 0 spiro atoms. The van der Waals surface area contributed by atoms with Crippen molar-refractivity contribution in [1.29, 1.82) is 0 Å². The summed E-state index contributed by atoms with van der Waals surface area (Å²) in [7, 11) is 0. The Labute approximate surface area is 170 Å². The highest BCUT2D eigenvalue weighted by atomic mass is 16.6. The van der Waals surface area contributed by atoms with Gasteiger partial charge in [-0.1, -0.05) is 19.4 Å². The number of aromatic nitrogens is 1. The number of pyridine rings is 1. The molecule has 2 amide bonds. The number of hydrogen-bond donors (Lipinski definition) is 2. The summed E-state index contributed by atoms with van der Waals surface area (Å²) >= 11 is 0. The van der Waals surface area contributed by atoms with E-state index in [4.69, 9.17) is 4.74 Å². The van der Waals surface area contributed by atoms with E-state index in [1.54, 1.807) is 30.2 Å². The Balaban J connectivity index is 2.06. The molecule has 3 rings (SSSR count). The van der Waals surface area contributed by atoms with Crippen LogP contribution in [0.1, 0.15) is 42.6 Å². The van der Waals surface area contributed by atoms with Gasteiger partial charge in [0, 0.05) is 29.1 Å². The van der Waals surface area contributed by atoms with Crippen molar-refractivity contribution in [3.63, 3.8) is 0 Å². The van der Waals surface area contributed by atoms with Gasteiger partial charge >= 0.3 is 6.09 Å². The van der Waals surface area contributed by atoms with Crippen molar-refractivity contribution in [2.45, 2.75) is 45.7 Å². The van der Waals surface area contributed by atoms with E-state index in [0.29, 0.717) is 23.6 Å². The van der Waals surface area contributed by atoms with Crippen LogP contribution in [0.15, 0.2) is 36.5 Å². The molecule has 1 aromatic heterocycles. The number of cyclic esters (lactones) is 1. The van der Waals surface area contributed by atoms with Gasteiger partial charge in [-0.25, -0.2) is 4.79 Å². The minimum absolute atomic E-state index is 0.0685. The van der Waals surface area contributed by atoms with Gasteiger partial charge < -0.3 is 15.2 Å². The van der Waals surface area contributed by atoms with Gasteiger partial charge in [-0.2, -0.15) is 0 Å². The van der Waals surface area contributed by atoms with E-state index < -0.39 is 6.09 Å². The summed E-state index contributed by atoms with van der Waals surface area (Å²) in [5.74, 6) is -0.318. The average Bonchev–Trinajstić information content (AvgIpc) is 3.08. The first-order valence-electron chi connectivity index (χ1n) is 9.88. The zero-order valence-corrected chi connectivity index (χ0v) is 17.0. The highest BCUT2D eigenvalue weighted by molar-refractivity contribution is 5.99. The number of aliphatic hydroxyl groups is 1. The van der Waals surface area contributed by atoms with Crippen molar-refractivity contribution in [1.82, 2.24) is 10.3 Å². The normalized spacial score (nSPS) is 17.2. The van der Waals surface area contributed by atoms with Gasteiger partial charge in [-0.3, -0.25) is 14.7 Å². The number of amides is 2. The van der Waals surface area contributed by atoms with Gasteiger partial charge in [-0.15, -0.1) is 0 Å². The molecular formula is C22H27N3O4. The fourth-order valence-electron chi connectivity index (χ4n) is 3.34. The Kier molecular flexibility index (Phi) is 6.49. The number of anilines is 1. The van der Waals surface area contributed by atoms with Crippen LogP contribution in [0, 0.1) is 6.92 Å². The van der Waals surface area contributed by atoms with E-state index in [1.165, 1.54) is 0 Å². The number of carbonyl (C=O) groups excluding carboxylic acids is 2. The molecule has 1 aliphatic heterocycles. The van der Waals surface area contributed by atoms with Crippen molar-refractivity contribution in [2.75, 3.05) is 18.1 Å². The minimum Gasteiger partial charge on any atom is -0.447 e. The maximum Gasteiger partial charge on any atom is 0.414 e. The van der Waals surface area contributed by atoms with Crippen LogP contribution in [0.25, 0.3) is 11.3 Å². The van der Waals surface area contributed by atoms with Crippen molar-refractivity contribution >= 4 is 17.7 Å².